The molecule has 2 unspecified atom stereocenters. The van der Waals surface area contributed by atoms with Crippen molar-refractivity contribution in [1.29, 1.82) is 0 Å². The molecule has 1 aromatic heterocycles. The molecule has 1 aliphatic carbocycles. The monoisotopic (exact) mass is 563 g/mol. The molecule has 39 heavy (non-hydrogen) atoms. The van der Waals surface area contributed by atoms with E-state index in [1.54, 1.807) is 24.6 Å². The van der Waals surface area contributed by atoms with Crippen LogP contribution in [-0.2, 0) is 16.4 Å². The minimum atomic E-state index is -3.61. The Morgan fingerprint density at radius 3 is 2.62 bits per heavy atom. The number of nitrogens with zero attached hydrogens (tertiary/aromatic N) is 2. The number of benzene rings is 2. The van der Waals surface area contributed by atoms with Crippen LogP contribution >= 0.6 is 11.3 Å². The van der Waals surface area contributed by atoms with Crippen molar-refractivity contribution in [3.05, 3.63) is 75.2 Å². The summed E-state index contributed by atoms with van der Waals surface area (Å²) in [6, 6.07) is 12.4. The summed E-state index contributed by atoms with van der Waals surface area (Å²) >= 11 is 1.28. The minimum Gasteiger partial charge on any atom is -0.497 e. The highest BCUT2D eigenvalue weighted by atomic mass is 32.2. The number of unbranched alkanes of at least 4 members (excludes halogenated alkanes) is 1. The molecule has 2 aliphatic rings. The van der Waals surface area contributed by atoms with Crippen LogP contribution in [0.4, 0.5) is 0 Å². The van der Waals surface area contributed by atoms with Crippen molar-refractivity contribution in [2.24, 2.45) is 0 Å². The van der Waals surface area contributed by atoms with Crippen LogP contribution in [-0.4, -0.2) is 43.4 Å². The molecule has 3 aromatic rings. The zero-order chi connectivity index (χ0) is 27.6. The van der Waals surface area contributed by atoms with E-state index >= 15 is 0 Å². The molecule has 0 bridgehead atoms. The van der Waals surface area contributed by atoms with Crippen molar-refractivity contribution in [1.82, 2.24) is 14.6 Å². The fourth-order valence-corrected chi connectivity index (χ4v) is 7.28. The van der Waals surface area contributed by atoms with Gasteiger partial charge in [0.2, 0.25) is 10.0 Å². The number of terminal acetylenes is 1. The molecule has 0 saturated heterocycles. The Morgan fingerprint density at radius 1 is 1.23 bits per heavy atom. The molecule has 0 radical (unpaired) electrons. The SMILES string of the molecule is C#Cc1nc(C(=O)N2C(CCCC)Cc3cc(OC)ccc3C2c2ccc(S(=O)(=O)NC3CCC3)cc2)cs1. The van der Waals surface area contributed by atoms with Gasteiger partial charge < -0.3 is 9.64 Å². The summed E-state index contributed by atoms with van der Waals surface area (Å²) < 4.78 is 34.2. The zero-order valence-electron chi connectivity index (χ0n) is 22.2. The fourth-order valence-electron chi connectivity index (χ4n) is 5.38. The molecule has 1 fully saturated rings. The van der Waals surface area contributed by atoms with E-state index in [2.05, 4.69) is 22.6 Å². The van der Waals surface area contributed by atoms with E-state index in [4.69, 9.17) is 11.2 Å². The first-order chi connectivity index (χ1) is 18.8. The Balaban J connectivity index is 1.58. The van der Waals surface area contributed by atoms with Crippen molar-refractivity contribution >= 4 is 27.3 Å². The summed E-state index contributed by atoms with van der Waals surface area (Å²) in [4.78, 5) is 20.6. The molecule has 5 rings (SSSR count). The highest BCUT2D eigenvalue weighted by Gasteiger charge is 2.39. The van der Waals surface area contributed by atoms with E-state index in [9.17, 15) is 13.2 Å². The van der Waals surface area contributed by atoms with Crippen molar-refractivity contribution in [2.75, 3.05) is 7.11 Å². The average Bonchev–Trinajstić information content (AvgIpc) is 3.42. The van der Waals surface area contributed by atoms with E-state index in [1.165, 1.54) is 11.3 Å². The summed E-state index contributed by atoms with van der Waals surface area (Å²) in [5.41, 5.74) is 3.29. The maximum Gasteiger partial charge on any atom is 0.274 e. The van der Waals surface area contributed by atoms with Crippen LogP contribution in [0.25, 0.3) is 0 Å². The Morgan fingerprint density at radius 2 is 2.00 bits per heavy atom. The van der Waals surface area contributed by atoms with E-state index < -0.39 is 16.1 Å². The van der Waals surface area contributed by atoms with Gasteiger partial charge in [-0.2, -0.15) is 0 Å². The summed E-state index contributed by atoms with van der Waals surface area (Å²) in [6.07, 6.45) is 11.8. The number of thiazole rings is 1. The van der Waals surface area contributed by atoms with Crippen molar-refractivity contribution < 1.29 is 17.9 Å². The minimum absolute atomic E-state index is 0.00771. The van der Waals surface area contributed by atoms with Gasteiger partial charge in [-0.15, -0.1) is 17.8 Å². The van der Waals surface area contributed by atoms with Gasteiger partial charge in [0.05, 0.1) is 18.0 Å². The van der Waals surface area contributed by atoms with Crippen LogP contribution in [0.2, 0.25) is 0 Å². The number of ether oxygens (including phenoxy) is 1. The van der Waals surface area contributed by atoms with Crippen molar-refractivity contribution in [2.45, 2.75) is 74.9 Å². The first kappa shape index (κ1) is 27.4. The van der Waals surface area contributed by atoms with Crippen LogP contribution in [0, 0.1) is 12.3 Å². The van der Waals surface area contributed by atoms with Crippen LogP contribution < -0.4 is 9.46 Å². The van der Waals surface area contributed by atoms with Crippen LogP contribution in [0.5, 0.6) is 5.75 Å². The topological polar surface area (TPSA) is 88.6 Å². The zero-order valence-corrected chi connectivity index (χ0v) is 23.9. The van der Waals surface area contributed by atoms with Gasteiger partial charge in [0.25, 0.3) is 5.91 Å². The van der Waals surface area contributed by atoms with E-state index in [0.29, 0.717) is 17.1 Å². The van der Waals surface area contributed by atoms with Gasteiger partial charge in [-0.05, 0) is 72.6 Å². The normalized spacial score (nSPS) is 19.2. The number of methoxy groups -OCH3 is 1. The molecule has 0 spiro atoms. The number of rotatable bonds is 9. The van der Waals surface area contributed by atoms with Crippen LogP contribution in [0.15, 0.2) is 52.7 Å². The molecule has 2 aromatic carbocycles. The third-order valence-electron chi connectivity index (χ3n) is 7.68. The highest BCUT2D eigenvalue weighted by Crippen LogP contribution is 2.41. The third kappa shape index (κ3) is 5.60. The Hall–Kier alpha value is -3.19. The predicted molar refractivity (Wildman–Crippen MR) is 152 cm³/mol. The Labute approximate surface area is 234 Å². The van der Waals surface area contributed by atoms with Gasteiger partial charge in [0.1, 0.15) is 11.4 Å². The molecule has 7 nitrogen and oxygen atoms in total. The van der Waals surface area contributed by atoms with Crippen LogP contribution in [0.3, 0.4) is 0 Å². The molecule has 1 saturated carbocycles. The second kappa shape index (κ2) is 11.5. The molecule has 2 atom stereocenters. The first-order valence-corrected chi connectivity index (χ1v) is 15.7. The number of sulfonamides is 1. The molecule has 1 N–H and O–H groups in total. The molecule has 1 amide bonds. The standard InChI is InChI=1S/C30H33N3O4S2/c1-4-6-10-23-17-21-18-24(37-3)13-16-26(21)29(33(23)30(34)27-19-38-28(5-2)31-27)20-11-14-25(15-12-20)39(35,36)32-22-8-7-9-22/h2,11-16,18-19,22-23,29,32H,4,6-10,17H2,1,3H3. The van der Waals surface area contributed by atoms with Gasteiger partial charge in [-0.1, -0.05) is 44.4 Å². The second-order valence-electron chi connectivity index (χ2n) is 10.2. The maximum absolute atomic E-state index is 14.1. The Kier molecular flexibility index (Phi) is 8.08. The number of nitrogens with one attached hydrogen (secondary N) is 1. The Bertz CT molecular complexity index is 1490. The van der Waals surface area contributed by atoms with E-state index in [-0.39, 0.29) is 22.9 Å². The number of carbonyl (C=O) groups excluding carboxylic acids is 1. The lowest BCUT2D eigenvalue weighted by Crippen LogP contribution is -2.48. The highest BCUT2D eigenvalue weighted by molar-refractivity contribution is 7.89. The van der Waals surface area contributed by atoms with Gasteiger partial charge in [0.15, 0.2) is 5.01 Å². The first-order valence-electron chi connectivity index (χ1n) is 13.4. The second-order valence-corrected chi connectivity index (χ2v) is 12.8. The average molecular weight is 564 g/mol. The van der Waals surface area contributed by atoms with Crippen molar-refractivity contribution in [3.63, 3.8) is 0 Å². The van der Waals surface area contributed by atoms with Gasteiger partial charge in [-0.25, -0.2) is 18.1 Å². The van der Waals surface area contributed by atoms with Gasteiger partial charge in [-0.3, -0.25) is 4.79 Å². The number of carbonyl (C=O) groups is 1. The number of hydrogen-bond donors (Lipinski definition) is 1. The molecular weight excluding hydrogens is 530 g/mol. The van der Waals surface area contributed by atoms with Crippen LogP contribution in [0.1, 0.15) is 83.7 Å². The molecular formula is C30H33N3O4S2. The maximum atomic E-state index is 14.1. The summed E-state index contributed by atoms with van der Waals surface area (Å²) in [5.74, 6) is 3.11. The molecule has 9 heteroatoms. The number of fused-ring (bicyclic) bond motifs is 1. The number of amides is 1. The molecule has 204 valence electrons. The quantitative estimate of drug-likeness (QED) is 0.357. The summed E-state index contributed by atoms with van der Waals surface area (Å²) in [5, 5.41) is 2.19. The third-order valence-corrected chi connectivity index (χ3v) is 9.99. The lowest BCUT2D eigenvalue weighted by molar-refractivity contribution is 0.0561. The summed E-state index contributed by atoms with van der Waals surface area (Å²) in [7, 11) is -1.96. The fraction of sp³-hybridized carbons (Fsp3) is 0.400. The van der Waals surface area contributed by atoms with E-state index in [0.717, 1.165) is 61.0 Å². The largest absolute Gasteiger partial charge is 0.497 e. The number of aromatic nitrogens is 1. The molecule has 2 heterocycles. The van der Waals surface area contributed by atoms with E-state index in [1.807, 2.05) is 35.2 Å². The lowest BCUT2D eigenvalue weighted by Gasteiger charge is -2.43. The predicted octanol–water partition coefficient (Wildman–Crippen LogP) is 5.31. The lowest BCUT2D eigenvalue weighted by atomic mass is 9.83. The van der Waals surface area contributed by atoms with Crippen molar-refractivity contribution in [3.8, 4) is 18.1 Å². The smallest absolute Gasteiger partial charge is 0.274 e. The number of hydrogen-bond acceptors (Lipinski definition) is 6. The molecule has 1 aliphatic heterocycles. The summed E-state index contributed by atoms with van der Waals surface area (Å²) in [6.45, 7) is 2.14. The van der Waals surface area contributed by atoms with Gasteiger partial charge in [0, 0.05) is 17.5 Å². The van der Waals surface area contributed by atoms with Gasteiger partial charge >= 0.3 is 0 Å².